The van der Waals surface area contributed by atoms with E-state index in [1.807, 2.05) is 43.0 Å². The summed E-state index contributed by atoms with van der Waals surface area (Å²) in [4.78, 5) is 26.3. The Labute approximate surface area is 155 Å². The van der Waals surface area contributed by atoms with Crippen LogP contribution in [0, 0.1) is 5.92 Å². The van der Waals surface area contributed by atoms with E-state index in [4.69, 9.17) is 4.74 Å². The van der Waals surface area contributed by atoms with E-state index in [1.165, 1.54) is 19.3 Å². The molecule has 2 aliphatic rings. The quantitative estimate of drug-likeness (QED) is 0.849. The van der Waals surface area contributed by atoms with Crippen molar-refractivity contribution in [2.75, 3.05) is 19.6 Å². The van der Waals surface area contributed by atoms with E-state index >= 15 is 0 Å². The highest BCUT2D eigenvalue weighted by molar-refractivity contribution is 5.94. The lowest BCUT2D eigenvalue weighted by Gasteiger charge is -2.35. The van der Waals surface area contributed by atoms with Crippen LogP contribution >= 0.6 is 0 Å². The van der Waals surface area contributed by atoms with Gasteiger partial charge in [-0.3, -0.25) is 4.79 Å². The number of rotatable bonds is 5. The maximum absolute atomic E-state index is 12.6. The molecule has 1 saturated carbocycles. The molecule has 0 radical (unpaired) electrons. The number of nitrogens with one attached hydrogen (secondary N) is 2. The SMILES string of the molecule is C[C@@H]1CN(C(=O)c2ccc(CNC(=O)NCC3CCC3)cc2)C[C@@H](C)O1. The summed E-state index contributed by atoms with van der Waals surface area (Å²) in [5.41, 5.74) is 1.65. The minimum absolute atomic E-state index is 0.0322. The van der Waals surface area contributed by atoms with E-state index in [1.54, 1.807) is 0 Å². The molecule has 0 unspecified atom stereocenters. The van der Waals surface area contributed by atoms with Gasteiger partial charge in [0.15, 0.2) is 0 Å². The first kappa shape index (κ1) is 18.7. The van der Waals surface area contributed by atoms with Gasteiger partial charge in [0.05, 0.1) is 12.2 Å². The summed E-state index contributed by atoms with van der Waals surface area (Å²) < 4.78 is 5.68. The van der Waals surface area contributed by atoms with Gasteiger partial charge in [-0.2, -0.15) is 0 Å². The van der Waals surface area contributed by atoms with Gasteiger partial charge in [0.1, 0.15) is 0 Å². The third kappa shape index (κ3) is 4.97. The zero-order chi connectivity index (χ0) is 18.5. The van der Waals surface area contributed by atoms with Crippen molar-refractivity contribution in [3.05, 3.63) is 35.4 Å². The zero-order valence-corrected chi connectivity index (χ0v) is 15.7. The lowest BCUT2D eigenvalue weighted by atomic mass is 9.85. The average Bonchev–Trinajstić information content (AvgIpc) is 2.57. The second-order valence-corrected chi connectivity index (χ2v) is 7.52. The summed E-state index contributed by atoms with van der Waals surface area (Å²) in [6.07, 6.45) is 3.84. The number of benzene rings is 1. The van der Waals surface area contributed by atoms with Gasteiger partial charge < -0.3 is 20.3 Å². The van der Waals surface area contributed by atoms with E-state index in [-0.39, 0.29) is 24.1 Å². The van der Waals surface area contributed by atoms with Crippen molar-refractivity contribution in [1.29, 1.82) is 0 Å². The van der Waals surface area contributed by atoms with Crippen molar-refractivity contribution in [2.45, 2.75) is 51.9 Å². The molecule has 0 spiro atoms. The monoisotopic (exact) mass is 359 g/mol. The van der Waals surface area contributed by atoms with E-state index in [2.05, 4.69) is 10.6 Å². The minimum Gasteiger partial charge on any atom is -0.372 e. The summed E-state index contributed by atoms with van der Waals surface area (Å²) in [5.74, 6) is 0.682. The van der Waals surface area contributed by atoms with Crippen LogP contribution in [0.15, 0.2) is 24.3 Å². The van der Waals surface area contributed by atoms with Crippen molar-refractivity contribution in [2.24, 2.45) is 5.92 Å². The zero-order valence-electron chi connectivity index (χ0n) is 15.7. The van der Waals surface area contributed by atoms with Crippen LogP contribution in [0.5, 0.6) is 0 Å². The molecule has 1 aliphatic carbocycles. The molecule has 1 aliphatic heterocycles. The molecular formula is C20H29N3O3. The van der Waals surface area contributed by atoms with Gasteiger partial charge in [-0.25, -0.2) is 4.79 Å². The summed E-state index contributed by atoms with van der Waals surface area (Å²) in [5, 5.41) is 5.78. The molecule has 26 heavy (non-hydrogen) atoms. The molecule has 2 atom stereocenters. The molecule has 1 heterocycles. The van der Waals surface area contributed by atoms with E-state index in [0.717, 1.165) is 12.1 Å². The van der Waals surface area contributed by atoms with E-state index in [9.17, 15) is 9.59 Å². The van der Waals surface area contributed by atoms with Crippen LogP contribution in [0.4, 0.5) is 4.79 Å². The number of amides is 3. The molecule has 2 N–H and O–H groups in total. The van der Waals surface area contributed by atoms with Gasteiger partial charge >= 0.3 is 6.03 Å². The highest BCUT2D eigenvalue weighted by Crippen LogP contribution is 2.25. The first-order valence-corrected chi connectivity index (χ1v) is 9.56. The summed E-state index contributed by atoms with van der Waals surface area (Å²) >= 11 is 0. The number of hydrogen-bond donors (Lipinski definition) is 2. The van der Waals surface area contributed by atoms with Crippen LogP contribution in [0.3, 0.4) is 0 Å². The fraction of sp³-hybridized carbons (Fsp3) is 0.600. The summed E-state index contributed by atoms with van der Waals surface area (Å²) in [6.45, 7) is 6.43. The van der Waals surface area contributed by atoms with Gasteiger partial charge in [0.2, 0.25) is 0 Å². The highest BCUT2D eigenvalue weighted by atomic mass is 16.5. The lowest BCUT2D eigenvalue weighted by molar-refractivity contribution is -0.0586. The maximum atomic E-state index is 12.6. The standard InChI is InChI=1S/C20H29N3O3/c1-14-12-23(13-15(2)26-14)19(24)18-8-6-17(7-9-18)11-22-20(25)21-10-16-4-3-5-16/h6-9,14-16H,3-5,10-13H2,1-2H3,(H2,21,22,25)/t14-,15-/m1/s1. The normalized spacial score (nSPS) is 23.2. The average molecular weight is 359 g/mol. The molecule has 0 aromatic heterocycles. The first-order valence-electron chi connectivity index (χ1n) is 9.56. The van der Waals surface area contributed by atoms with Crippen LogP contribution in [0.1, 0.15) is 49.0 Å². The Balaban J connectivity index is 1.46. The minimum atomic E-state index is -0.131. The van der Waals surface area contributed by atoms with Crippen molar-refractivity contribution in [1.82, 2.24) is 15.5 Å². The molecule has 6 heteroatoms. The molecule has 2 fully saturated rings. The fourth-order valence-corrected chi connectivity index (χ4v) is 3.47. The number of carbonyl (C=O) groups excluding carboxylic acids is 2. The van der Waals surface area contributed by atoms with Gasteiger partial charge in [-0.15, -0.1) is 0 Å². The van der Waals surface area contributed by atoms with Crippen LogP contribution in [-0.2, 0) is 11.3 Å². The van der Waals surface area contributed by atoms with Gasteiger partial charge in [-0.05, 0) is 50.3 Å². The van der Waals surface area contributed by atoms with E-state index < -0.39 is 0 Å². The van der Waals surface area contributed by atoms with Crippen molar-refractivity contribution in [3.63, 3.8) is 0 Å². The van der Waals surface area contributed by atoms with Crippen LogP contribution in [0.2, 0.25) is 0 Å². The summed E-state index contributed by atoms with van der Waals surface area (Å²) in [7, 11) is 0. The third-order valence-corrected chi connectivity index (χ3v) is 5.14. The van der Waals surface area contributed by atoms with E-state index in [0.29, 0.717) is 31.1 Å². The Bertz CT molecular complexity index is 618. The number of nitrogens with zero attached hydrogens (tertiary/aromatic N) is 1. The van der Waals surface area contributed by atoms with Gasteiger partial charge in [-0.1, -0.05) is 18.6 Å². The number of urea groups is 1. The van der Waals surface area contributed by atoms with Crippen LogP contribution in [-0.4, -0.2) is 48.7 Å². The van der Waals surface area contributed by atoms with Gasteiger partial charge in [0.25, 0.3) is 5.91 Å². The number of hydrogen-bond acceptors (Lipinski definition) is 3. The maximum Gasteiger partial charge on any atom is 0.315 e. The Morgan fingerprint density at radius 3 is 2.31 bits per heavy atom. The number of morpholine rings is 1. The summed E-state index contributed by atoms with van der Waals surface area (Å²) in [6, 6.07) is 7.32. The Morgan fingerprint density at radius 2 is 1.73 bits per heavy atom. The molecule has 0 bridgehead atoms. The molecular weight excluding hydrogens is 330 g/mol. The van der Waals surface area contributed by atoms with Crippen molar-refractivity contribution in [3.8, 4) is 0 Å². The lowest BCUT2D eigenvalue weighted by Crippen LogP contribution is -2.48. The molecule has 3 rings (SSSR count). The smallest absolute Gasteiger partial charge is 0.315 e. The second-order valence-electron chi connectivity index (χ2n) is 7.52. The largest absolute Gasteiger partial charge is 0.372 e. The number of carbonyl (C=O) groups is 2. The topological polar surface area (TPSA) is 70.7 Å². The number of ether oxygens (including phenoxy) is 1. The predicted molar refractivity (Wildman–Crippen MR) is 99.9 cm³/mol. The molecule has 142 valence electrons. The van der Waals surface area contributed by atoms with Crippen LogP contribution in [0.25, 0.3) is 0 Å². The third-order valence-electron chi connectivity index (χ3n) is 5.14. The fourth-order valence-electron chi connectivity index (χ4n) is 3.47. The molecule has 6 nitrogen and oxygen atoms in total. The Hall–Kier alpha value is -2.08. The molecule has 1 saturated heterocycles. The second kappa shape index (κ2) is 8.54. The van der Waals surface area contributed by atoms with Crippen LogP contribution < -0.4 is 10.6 Å². The molecule has 1 aromatic rings. The highest BCUT2D eigenvalue weighted by Gasteiger charge is 2.26. The van der Waals surface area contributed by atoms with Crippen molar-refractivity contribution < 1.29 is 14.3 Å². The Morgan fingerprint density at radius 1 is 1.08 bits per heavy atom. The van der Waals surface area contributed by atoms with Crippen molar-refractivity contribution >= 4 is 11.9 Å². The molecule has 3 amide bonds. The predicted octanol–water partition coefficient (Wildman–Crippen LogP) is 2.54. The van der Waals surface area contributed by atoms with Gasteiger partial charge in [0, 0.05) is 31.7 Å². The molecule has 1 aromatic carbocycles. The first-order chi connectivity index (χ1) is 12.5. The Kier molecular flexibility index (Phi) is 6.14.